The van der Waals surface area contributed by atoms with E-state index >= 15 is 0 Å². The van der Waals surface area contributed by atoms with Crippen LogP contribution in [0, 0.1) is 0 Å². The van der Waals surface area contributed by atoms with Gasteiger partial charge in [-0.15, -0.1) is 0 Å². The smallest absolute Gasteiger partial charge is 0.460 e. The Hall–Kier alpha value is -1.65. The monoisotopic (exact) mass is 426 g/mol. The molecule has 0 saturated heterocycles. The van der Waals surface area contributed by atoms with Crippen LogP contribution in [0.5, 0.6) is 5.75 Å². The van der Waals surface area contributed by atoms with E-state index in [2.05, 4.69) is 4.74 Å². The van der Waals surface area contributed by atoms with Crippen molar-refractivity contribution in [3.63, 3.8) is 0 Å². The van der Waals surface area contributed by atoms with Gasteiger partial charge in [0, 0.05) is 13.5 Å². The van der Waals surface area contributed by atoms with E-state index in [9.17, 15) is 39.5 Å². The Morgan fingerprint density at radius 2 is 1.54 bits per heavy atom. The summed E-state index contributed by atoms with van der Waals surface area (Å²) in [6, 6.07) is 5.11. The maximum atomic E-state index is 13.9. The predicted molar refractivity (Wildman–Crippen MR) is 82.1 cm³/mol. The molecule has 28 heavy (non-hydrogen) atoms. The molecule has 0 aliphatic rings. The fraction of sp³-hybridized carbons (Fsp3) is 0.647. The van der Waals surface area contributed by atoms with Gasteiger partial charge in [0.25, 0.3) is 0 Å². The van der Waals surface area contributed by atoms with Crippen LogP contribution in [0.2, 0.25) is 0 Å². The Morgan fingerprint density at radius 3 is 2.04 bits per heavy atom. The van der Waals surface area contributed by atoms with Gasteiger partial charge in [0.1, 0.15) is 5.75 Å². The van der Waals surface area contributed by atoms with E-state index in [-0.39, 0.29) is 17.9 Å². The van der Waals surface area contributed by atoms with Gasteiger partial charge >= 0.3 is 23.9 Å². The first-order valence-electron chi connectivity index (χ1n) is 8.17. The van der Waals surface area contributed by atoms with Crippen molar-refractivity contribution in [2.45, 2.75) is 56.2 Å². The van der Waals surface area contributed by atoms with Crippen LogP contribution in [0.25, 0.3) is 0 Å². The molecule has 11 heteroatoms. The number of methoxy groups -OCH3 is 1. The number of rotatable bonds is 10. The standard InChI is InChI=1S/C17H19F9O2/c1-3-4-8-28-12-7-5-6-11(9-12)13(27-2)10-14(18,19)15(20,21)16(22,23)17(24,25)26/h5-7,9,13H,3-4,8,10H2,1-2H3. The van der Waals surface area contributed by atoms with Crippen molar-refractivity contribution in [2.24, 2.45) is 0 Å². The van der Waals surface area contributed by atoms with Gasteiger partial charge in [-0.3, -0.25) is 0 Å². The van der Waals surface area contributed by atoms with Crippen LogP contribution in [0.15, 0.2) is 24.3 Å². The first-order chi connectivity index (χ1) is 12.7. The number of hydrogen-bond donors (Lipinski definition) is 0. The van der Waals surface area contributed by atoms with Crippen LogP contribution in [-0.4, -0.2) is 37.7 Å². The number of unbranched alkanes of at least 4 members (excludes halogenated alkanes) is 1. The lowest BCUT2D eigenvalue weighted by molar-refractivity contribution is -0.398. The van der Waals surface area contributed by atoms with E-state index in [1.165, 1.54) is 24.3 Å². The van der Waals surface area contributed by atoms with E-state index in [1.54, 1.807) is 0 Å². The van der Waals surface area contributed by atoms with Crippen LogP contribution >= 0.6 is 0 Å². The highest BCUT2D eigenvalue weighted by Crippen LogP contribution is 2.55. The lowest BCUT2D eigenvalue weighted by atomic mass is 9.95. The second kappa shape index (κ2) is 8.79. The second-order valence-corrected chi connectivity index (χ2v) is 6.05. The average molecular weight is 426 g/mol. The molecule has 1 unspecified atom stereocenters. The average Bonchev–Trinajstić information content (AvgIpc) is 2.59. The molecule has 1 rings (SSSR count). The molecule has 0 fully saturated rings. The van der Waals surface area contributed by atoms with Crippen LogP contribution in [0.3, 0.4) is 0 Å². The summed E-state index contributed by atoms with van der Waals surface area (Å²) < 4.78 is 127. The highest BCUT2D eigenvalue weighted by atomic mass is 19.4. The molecule has 1 aromatic carbocycles. The maximum Gasteiger partial charge on any atom is 0.460 e. The molecule has 0 heterocycles. The van der Waals surface area contributed by atoms with Crippen molar-refractivity contribution >= 4 is 0 Å². The van der Waals surface area contributed by atoms with E-state index < -0.39 is 36.5 Å². The van der Waals surface area contributed by atoms with Crippen LogP contribution in [-0.2, 0) is 4.74 Å². The zero-order valence-corrected chi connectivity index (χ0v) is 14.9. The number of hydrogen-bond acceptors (Lipinski definition) is 2. The highest BCUT2D eigenvalue weighted by Gasteiger charge is 2.81. The van der Waals surface area contributed by atoms with Crippen molar-refractivity contribution in [1.29, 1.82) is 0 Å². The quantitative estimate of drug-likeness (QED) is 0.318. The van der Waals surface area contributed by atoms with Gasteiger partial charge in [0.2, 0.25) is 0 Å². The van der Waals surface area contributed by atoms with Crippen molar-refractivity contribution in [3.8, 4) is 5.75 Å². The molecule has 1 atom stereocenters. The molecule has 0 amide bonds. The molecule has 0 aliphatic heterocycles. The Labute approximate surface area is 155 Å². The molecule has 0 aromatic heterocycles. The van der Waals surface area contributed by atoms with E-state index in [1.807, 2.05) is 6.92 Å². The summed E-state index contributed by atoms with van der Waals surface area (Å²) in [6.07, 6.45) is -9.35. The first-order valence-corrected chi connectivity index (χ1v) is 8.17. The molecule has 0 N–H and O–H groups in total. The van der Waals surface area contributed by atoms with Crippen LogP contribution in [0.4, 0.5) is 39.5 Å². The zero-order chi connectivity index (χ0) is 21.8. The maximum absolute atomic E-state index is 13.9. The summed E-state index contributed by atoms with van der Waals surface area (Å²) in [4.78, 5) is 0. The number of alkyl halides is 9. The highest BCUT2D eigenvalue weighted by molar-refractivity contribution is 5.30. The fourth-order valence-corrected chi connectivity index (χ4v) is 2.24. The van der Waals surface area contributed by atoms with Gasteiger partial charge in [-0.25, -0.2) is 0 Å². The number of benzene rings is 1. The van der Waals surface area contributed by atoms with Gasteiger partial charge in [0.15, 0.2) is 0 Å². The third kappa shape index (κ3) is 5.03. The van der Waals surface area contributed by atoms with Crippen molar-refractivity contribution in [2.75, 3.05) is 13.7 Å². The van der Waals surface area contributed by atoms with Gasteiger partial charge in [-0.1, -0.05) is 25.5 Å². The zero-order valence-electron chi connectivity index (χ0n) is 14.9. The molecule has 0 spiro atoms. The Bertz CT molecular complexity index is 629. The summed E-state index contributed by atoms with van der Waals surface area (Å²) >= 11 is 0. The van der Waals surface area contributed by atoms with E-state index in [0.29, 0.717) is 6.42 Å². The van der Waals surface area contributed by atoms with E-state index in [4.69, 9.17) is 4.74 Å². The summed E-state index contributed by atoms with van der Waals surface area (Å²) in [5.74, 6) is -19.1. The summed E-state index contributed by atoms with van der Waals surface area (Å²) in [6.45, 7) is 2.17. The first kappa shape index (κ1) is 24.4. The topological polar surface area (TPSA) is 18.5 Å². The molecular weight excluding hydrogens is 407 g/mol. The lowest BCUT2D eigenvalue weighted by Gasteiger charge is -2.35. The second-order valence-electron chi connectivity index (χ2n) is 6.05. The number of ether oxygens (including phenoxy) is 2. The minimum atomic E-state index is -6.92. The third-order valence-electron chi connectivity index (χ3n) is 3.93. The fourth-order valence-electron chi connectivity index (χ4n) is 2.24. The largest absolute Gasteiger partial charge is 0.494 e. The predicted octanol–water partition coefficient (Wildman–Crippen LogP) is 6.41. The van der Waals surface area contributed by atoms with Crippen molar-refractivity contribution in [1.82, 2.24) is 0 Å². The molecule has 0 radical (unpaired) electrons. The lowest BCUT2D eigenvalue weighted by Crippen LogP contribution is -2.61. The van der Waals surface area contributed by atoms with Gasteiger partial charge in [-0.05, 0) is 24.1 Å². The van der Waals surface area contributed by atoms with Gasteiger partial charge in [-0.2, -0.15) is 39.5 Å². The van der Waals surface area contributed by atoms with Crippen molar-refractivity contribution < 1.29 is 49.0 Å². The van der Waals surface area contributed by atoms with Crippen LogP contribution < -0.4 is 4.74 Å². The van der Waals surface area contributed by atoms with Gasteiger partial charge < -0.3 is 9.47 Å². The SMILES string of the molecule is CCCCOc1cccc(C(CC(F)(F)C(F)(F)C(F)(F)C(F)(F)F)OC)c1. The molecule has 2 nitrogen and oxygen atoms in total. The molecule has 0 saturated carbocycles. The Morgan fingerprint density at radius 1 is 0.929 bits per heavy atom. The minimum absolute atomic E-state index is 0.137. The Kier molecular flexibility index (Phi) is 7.66. The Balaban J connectivity index is 3.10. The normalized spacial score (nSPS) is 14.8. The summed E-state index contributed by atoms with van der Waals surface area (Å²) in [5, 5.41) is 0. The molecule has 0 aliphatic carbocycles. The van der Waals surface area contributed by atoms with Gasteiger partial charge in [0.05, 0.1) is 12.7 Å². The number of halogens is 9. The molecule has 1 aromatic rings. The third-order valence-corrected chi connectivity index (χ3v) is 3.93. The minimum Gasteiger partial charge on any atom is -0.494 e. The van der Waals surface area contributed by atoms with Crippen molar-refractivity contribution in [3.05, 3.63) is 29.8 Å². The van der Waals surface area contributed by atoms with E-state index in [0.717, 1.165) is 13.5 Å². The molecular formula is C17H19F9O2. The summed E-state index contributed by atoms with van der Waals surface area (Å²) in [7, 11) is 0.839. The molecule has 162 valence electrons. The summed E-state index contributed by atoms with van der Waals surface area (Å²) in [5.41, 5.74) is -0.137. The molecule has 0 bridgehead atoms. The van der Waals surface area contributed by atoms with Crippen LogP contribution in [0.1, 0.15) is 37.9 Å².